The van der Waals surface area contributed by atoms with Crippen molar-refractivity contribution in [2.75, 3.05) is 0 Å². The summed E-state index contributed by atoms with van der Waals surface area (Å²) in [6, 6.07) is -0.602. The van der Waals surface area contributed by atoms with E-state index in [4.69, 9.17) is 5.73 Å². The third kappa shape index (κ3) is 1.71. The van der Waals surface area contributed by atoms with Crippen LogP contribution in [0.5, 0.6) is 0 Å². The number of nitrogens with zero attached hydrogens (tertiary/aromatic N) is 1. The minimum Gasteiger partial charge on any atom is -0.350 e. The molecule has 70 valence electrons. The van der Waals surface area contributed by atoms with Crippen LogP contribution in [0.3, 0.4) is 0 Å². The highest BCUT2D eigenvalue weighted by atomic mass is 16.2. The summed E-state index contributed by atoms with van der Waals surface area (Å²) in [6.45, 7) is 0. The van der Waals surface area contributed by atoms with E-state index in [1.54, 1.807) is 6.21 Å². The van der Waals surface area contributed by atoms with Crippen molar-refractivity contribution in [1.29, 1.82) is 0 Å². The second kappa shape index (κ2) is 3.20. The molecule has 13 heavy (non-hydrogen) atoms. The molecule has 1 fully saturated rings. The average Bonchev–Trinajstić information content (AvgIpc) is 2.64. The van der Waals surface area contributed by atoms with Gasteiger partial charge in [-0.25, -0.2) is 10.2 Å². The van der Waals surface area contributed by atoms with Crippen molar-refractivity contribution in [2.24, 2.45) is 28.6 Å². The molecule has 3 N–H and O–H groups in total. The third-order valence-corrected chi connectivity index (χ3v) is 2.77. The highest BCUT2D eigenvalue weighted by Gasteiger charge is 2.34. The van der Waals surface area contributed by atoms with Crippen LogP contribution in [0.1, 0.15) is 12.8 Å². The van der Waals surface area contributed by atoms with Gasteiger partial charge in [-0.3, -0.25) is 0 Å². The van der Waals surface area contributed by atoms with Gasteiger partial charge in [0, 0.05) is 12.1 Å². The number of nitrogens with one attached hydrogen (secondary N) is 1. The number of allylic oxidation sites excluding steroid dienone is 2. The Morgan fingerprint density at radius 3 is 2.92 bits per heavy atom. The van der Waals surface area contributed by atoms with Crippen LogP contribution in [0, 0.1) is 17.8 Å². The van der Waals surface area contributed by atoms with Crippen LogP contribution in [0.2, 0.25) is 0 Å². The maximum atomic E-state index is 10.3. The first-order chi connectivity index (χ1) is 6.25. The molecule has 0 aromatic heterocycles. The van der Waals surface area contributed by atoms with Crippen LogP contribution >= 0.6 is 0 Å². The molecule has 0 radical (unpaired) electrons. The van der Waals surface area contributed by atoms with Crippen LogP contribution in [-0.2, 0) is 0 Å². The van der Waals surface area contributed by atoms with Crippen LogP contribution in [-0.4, -0.2) is 12.2 Å². The van der Waals surface area contributed by atoms with Gasteiger partial charge >= 0.3 is 6.03 Å². The van der Waals surface area contributed by atoms with E-state index in [1.165, 1.54) is 6.42 Å². The lowest BCUT2D eigenvalue weighted by atomic mass is 9.95. The smallest absolute Gasteiger partial charge is 0.332 e. The topological polar surface area (TPSA) is 67.5 Å². The second-order valence-corrected chi connectivity index (χ2v) is 3.70. The Bertz CT molecular complexity index is 272. The van der Waals surface area contributed by atoms with Crippen molar-refractivity contribution in [3.8, 4) is 0 Å². The van der Waals surface area contributed by atoms with Crippen LogP contribution in [0.15, 0.2) is 17.3 Å². The largest absolute Gasteiger partial charge is 0.350 e. The minimum absolute atomic E-state index is 0.488. The fourth-order valence-electron chi connectivity index (χ4n) is 2.19. The summed E-state index contributed by atoms with van der Waals surface area (Å²) in [5.74, 6) is 1.85. The Morgan fingerprint density at radius 1 is 1.54 bits per heavy atom. The normalized spacial score (nSPS) is 35.8. The van der Waals surface area contributed by atoms with Gasteiger partial charge in [0.1, 0.15) is 0 Å². The first kappa shape index (κ1) is 8.29. The number of hydrazone groups is 1. The van der Waals surface area contributed by atoms with Crippen molar-refractivity contribution < 1.29 is 4.79 Å². The van der Waals surface area contributed by atoms with Gasteiger partial charge in [0.2, 0.25) is 0 Å². The lowest BCUT2D eigenvalue weighted by Gasteiger charge is -2.11. The Balaban J connectivity index is 1.86. The van der Waals surface area contributed by atoms with E-state index >= 15 is 0 Å². The minimum atomic E-state index is -0.602. The maximum Gasteiger partial charge on any atom is 0.332 e. The van der Waals surface area contributed by atoms with E-state index in [-0.39, 0.29) is 0 Å². The second-order valence-electron chi connectivity index (χ2n) is 3.70. The zero-order valence-corrected chi connectivity index (χ0v) is 7.31. The predicted octanol–water partition coefficient (Wildman–Crippen LogP) is 0.853. The molecule has 0 aromatic carbocycles. The number of urea groups is 1. The molecule has 0 saturated heterocycles. The van der Waals surface area contributed by atoms with Crippen LogP contribution < -0.4 is 11.2 Å². The average molecular weight is 179 g/mol. The lowest BCUT2D eigenvalue weighted by Crippen LogP contribution is -2.25. The molecule has 2 aliphatic rings. The number of primary amides is 1. The molecule has 3 unspecified atom stereocenters. The number of carbonyl (C=O) groups excluding carboxylic acids is 1. The molecule has 3 atom stereocenters. The van der Waals surface area contributed by atoms with Crippen LogP contribution in [0.25, 0.3) is 0 Å². The number of fused-ring (bicyclic) bond motifs is 2. The first-order valence-electron chi connectivity index (χ1n) is 4.52. The number of amides is 2. The molecular weight excluding hydrogens is 166 g/mol. The summed E-state index contributed by atoms with van der Waals surface area (Å²) in [5.41, 5.74) is 7.09. The SMILES string of the molecule is NC(=O)NN=CC1CC2C=CC1C2. The fourth-order valence-corrected chi connectivity index (χ4v) is 2.19. The van der Waals surface area contributed by atoms with Gasteiger partial charge in [-0.1, -0.05) is 12.2 Å². The molecular formula is C9H13N3O. The van der Waals surface area contributed by atoms with Crippen molar-refractivity contribution in [3.63, 3.8) is 0 Å². The molecule has 0 aromatic rings. The van der Waals surface area contributed by atoms with Gasteiger partial charge in [-0.2, -0.15) is 5.10 Å². The summed E-state index contributed by atoms with van der Waals surface area (Å²) in [7, 11) is 0. The summed E-state index contributed by atoms with van der Waals surface area (Å²) in [6.07, 6.45) is 8.73. The zero-order valence-electron chi connectivity index (χ0n) is 7.31. The molecule has 0 spiro atoms. The van der Waals surface area contributed by atoms with Gasteiger partial charge in [-0.05, 0) is 24.7 Å². The van der Waals surface area contributed by atoms with Crippen molar-refractivity contribution in [3.05, 3.63) is 12.2 Å². The zero-order chi connectivity index (χ0) is 9.26. The van der Waals surface area contributed by atoms with E-state index in [1.807, 2.05) is 0 Å². The van der Waals surface area contributed by atoms with E-state index in [9.17, 15) is 4.79 Å². The van der Waals surface area contributed by atoms with Crippen LogP contribution in [0.4, 0.5) is 4.79 Å². The van der Waals surface area contributed by atoms with Gasteiger partial charge in [-0.15, -0.1) is 0 Å². The fraction of sp³-hybridized carbons (Fsp3) is 0.556. The Morgan fingerprint density at radius 2 is 2.38 bits per heavy atom. The molecule has 2 aliphatic carbocycles. The quantitative estimate of drug-likeness (QED) is 0.368. The Labute approximate surface area is 76.9 Å². The monoisotopic (exact) mass is 179 g/mol. The summed E-state index contributed by atoms with van der Waals surface area (Å²) >= 11 is 0. The number of nitrogens with two attached hydrogens (primary N) is 1. The molecule has 2 rings (SSSR count). The number of hydrogen-bond donors (Lipinski definition) is 2. The van der Waals surface area contributed by atoms with Gasteiger partial charge < -0.3 is 5.73 Å². The Kier molecular flexibility index (Phi) is 2.04. The molecule has 2 amide bonds. The van der Waals surface area contributed by atoms with Gasteiger partial charge in [0.05, 0.1) is 0 Å². The Hall–Kier alpha value is -1.32. The summed E-state index contributed by atoms with van der Waals surface area (Å²) in [4.78, 5) is 10.3. The molecule has 0 aliphatic heterocycles. The van der Waals surface area contributed by atoms with Crippen molar-refractivity contribution in [2.45, 2.75) is 12.8 Å². The highest BCUT2D eigenvalue weighted by Crippen LogP contribution is 2.42. The third-order valence-electron chi connectivity index (χ3n) is 2.77. The van der Waals surface area contributed by atoms with Gasteiger partial charge in [0.15, 0.2) is 0 Å². The lowest BCUT2D eigenvalue weighted by molar-refractivity contribution is 0.249. The summed E-state index contributed by atoms with van der Waals surface area (Å²) < 4.78 is 0. The standard InChI is InChI=1S/C9H13N3O/c10-9(13)12-11-5-8-4-6-1-2-7(8)3-6/h1-2,5-8H,3-4H2,(H3,10,12,13). The van der Waals surface area contributed by atoms with Crippen molar-refractivity contribution in [1.82, 2.24) is 5.43 Å². The molecule has 4 nitrogen and oxygen atoms in total. The molecule has 4 heteroatoms. The maximum absolute atomic E-state index is 10.3. The summed E-state index contributed by atoms with van der Waals surface area (Å²) in [5, 5.41) is 3.79. The first-order valence-corrected chi connectivity index (χ1v) is 4.52. The molecule has 0 heterocycles. The predicted molar refractivity (Wildman–Crippen MR) is 50.1 cm³/mol. The van der Waals surface area contributed by atoms with E-state index < -0.39 is 6.03 Å². The number of rotatable bonds is 2. The van der Waals surface area contributed by atoms with E-state index in [0.717, 1.165) is 12.3 Å². The van der Waals surface area contributed by atoms with Gasteiger partial charge in [0.25, 0.3) is 0 Å². The number of hydrogen-bond acceptors (Lipinski definition) is 2. The van der Waals surface area contributed by atoms with E-state index in [0.29, 0.717) is 11.8 Å². The highest BCUT2D eigenvalue weighted by molar-refractivity contribution is 5.73. The van der Waals surface area contributed by atoms with E-state index in [2.05, 4.69) is 22.7 Å². The number of carbonyl (C=O) groups is 1. The van der Waals surface area contributed by atoms with Crippen molar-refractivity contribution >= 4 is 12.2 Å². The molecule has 2 bridgehead atoms. The molecule has 1 saturated carbocycles.